The Hall–Kier alpha value is -3.69. The summed E-state index contributed by atoms with van der Waals surface area (Å²) in [6.07, 6.45) is 0.747. The van der Waals surface area contributed by atoms with Crippen molar-refractivity contribution in [1.82, 2.24) is 14.5 Å². The third-order valence-electron chi connectivity index (χ3n) is 6.42. The van der Waals surface area contributed by atoms with Crippen LogP contribution in [0.3, 0.4) is 0 Å². The SMILES string of the molecule is CCNC(=O)[C@@H](Cc1ccccc1)N(Cc1cccc(OC)c1)C(=O)CCCN(C)S(=O)(=O)c1ccccc1. The van der Waals surface area contributed by atoms with E-state index in [1.165, 1.54) is 11.4 Å². The summed E-state index contributed by atoms with van der Waals surface area (Å²) >= 11 is 0. The molecule has 0 saturated heterocycles. The van der Waals surface area contributed by atoms with Crippen LogP contribution in [0.5, 0.6) is 5.75 Å². The Morgan fingerprint density at radius 2 is 1.56 bits per heavy atom. The predicted octanol–water partition coefficient (Wildman–Crippen LogP) is 3.87. The van der Waals surface area contributed by atoms with Crippen LogP contribution in [0.25, 0.3) is 0 Å². The third-order valence-corrected chi connectivity index (χ3v) is 8.30. The molecule has 8 nitrogen and oxygen atoms in total. The average molecular weight is 552 g/mol. The molecule has 0 bridgehead atoms. The van der Waals surface area contributed by atoms with Crippen LogP contribution in [-0.4, -0.2) is 62.7 Å². The van der Waals surface area contributed by atoms with E-state index in [1.807, 2.05) is 61.5 Å². The Labute approximate surface area is 231 Å². The fourth-order valence-electron chi connectivity index (χ4n) is 4.30. The first-order valence-corrected chi connectivity index (χ1v) is 14.5. The van der Waals surface area contributed by atoms with Crippen LogP contribution in [-0.2, 0) is 32.6 Å². The number of carbonyl (C=O) groups is 2. The van der Waals surface area contributed by atoms with Gasteiger partial charge in [-0.1, -0.05) is 60.7 Å². The van der Waals surface area contributed by atoms with E-state index >= 15 is 0 Å². The Morgan fingerprint density at radius 1 is 0.923 bits per heavy atom. The van der Waals surface area contributed by atoms with Crippen LogP contribution in [0.4, 0.5) is 0 Å². The Bertz CT molecular complexity index is 1320. The molecule has 0 radical (unpaired) electrons. The van der Waals surface area contributed by atoms with Crippen molar-refractivity contribution in [3.05, 3.63) is 96.1 Å². The van der Waals surface area contributed by atoms with Gasteiger partial charge < -0.3 is 15.0 Å². The molecule has 0 heterocycles. The number of hydrogen-bond acceptors (Lipinski definition) is 5. The van der Waals surface area contributed by atoms with E-state index in [4.69, 9.17) is 4.74 Å². The van der Waals surface area contributed by atoms with Crippen molar-refractivity contribution >= 4 is 21.8 Å². The molecular formula is C30H37N3O5S. The summed E-state index contributed by atoms with van der Waals surface area (Å²) in [6.45, 7) is 2.66. The summed E-state index contributed by atoms with van der Waals surface area (Å²) in [7, 11) is -0.575. The molecular weight excluding hydrogens is 514 g/mol. The first-order chi connectivity index (χ1) is 18.8. The quantitative estimate of drug-likeness (QED) is 0.328. The van der Waals surface area contributed by atoms with Crippen molar-refractivity contribution in [3.8, 4) is 5.75 Å². The van der Waals surface area contributed by atoms with Gasteiger partial charge in [0, 0.05) is 39.5 Å². The normalized spacial score (nSPS) is 12.1. The second-order valence-corrected chi connectivity index (χ2v) is 11.3. The van der Waals surface area contributed by atoms with Crippen LogP contribution in [0.1, 0.15) is 30.9 Å². The molecule has 0 aromatic heterocycles. The molecule has 0 aliphatic heterocycles. The molecule has 0 unspecified atom stereocenters. The molecule has 1 N–H and O–H groups in total. The molecule has 1 atom stereocenters. The van der Waals surface area contributed by atoms with Gasteiger partial charge in [0.05, 0.1) is 12.0 Å². The second-order valence-electron chi connectivity index (χ2n) is 9.22. The maximum absolute atomic E-state index is 13.7. The van der Waals surface area contributed by atoms with Crippen molar-refractivity contribution < 1.29 is 22.7 Å². The monoisotopic (exact) mass is 551 g/mol. The van der Waals surface area contributed by atoms with E-state index in [1.54, 1.807) is 42.3 Å². The molecule has 9 heteroatoms. The van der Waals surface area contributed by atoms with Crippen molar-refractivity contribution in [2.75, 3.05) is 27.2 Å². The average Bonchev–Trinajstić information content (AvgIpc) is 2.96. The molecule has 3 aromatic rings. The molecule has 39 heavy (non-hydrogen) atoms. The maximum atomic E-state index is 13.7. The lowest BCUT2D eigenvalue weighted by molar-refractivity contribution is -0.141. The first-order valence-electron chi connectivity index (χ1n) is 13.0. The minimum Gasteiger partial charge on any atom is -0.497 e. The Balaban J connectivity index is 1.82. The lowest BCUT2D eigenvalue weighted by Gasteiger charge is -2.32. The van der Waals surface area contributed by atoms with Gasteiger partial charge in [0.1, 0.15) is 11.8 Å². The zero-order valence-electron chi connectivity index (χ0n) is 22.7. The number of ether oxygens (including phenoxy) is 1. The van der Waals surface area contributed by atoms with E-state index in [0.29, 0.717) is 25.1 Å². The van der Waals surface area contributed by atoms with E-state index in [2.05, 4.69) is 5.32 Å². The molecule has 0 aliphatic rings. The summed E-state index contributed by atoms with van der Waals surface area (Å²) in [6, 6.07) is 24.5. The number of likely N-dealkylation sites (N-methyl/N-ethyl adjacent to an activating group) is 1. The molecule has 3 rings (SSSR count). The maximum Gasteiger partial charge on any atom is 0.243 e. The first kappa shape index (κ1) is 29.9. The minimum atomic E-state index is -3.66. The number of benzene rings is 3. The number of nitrogens with zero attached hydrogens (tertiary/aromatic N) is 2. The van der Waals surface area contributed by atoms with Crippen LogP contribution in [0.2, 0.25) is 0 Å². The van der Waals surface area contributed by atoms with E-state index < -0.39 is 16.1 Å². The zero-order chi connectivity index (χ0) is 28.3. The summed E-state index contributed by atoms with van der Waals surface area (Å²) in [5.41, 5.74) is 1.76. The predicted molar refractivity (Wildman–Crippen MR) is 152 cm³/mol. The fraction of sp³-hybridized carbons (Fsp3) is 0.333. The summed E-state index contributed by atoms with van der Waals surface area (Å²) in [5.74, 6) is 0.196. The number of methoxy groups -OCH3 is 1. The molecule has 0 spiro atoms. The number of amides is 2. The number of carbonyl (C=O) groups excluding carboxylic acids is 2. The Morgan fingerprint density at radius 3 is 2.21 bits per heavy atom. The number of rotatable bonds is 14. The van der Waals surface area contributed by atoms with Gasteiger partial charge in [0.15, 0.2) is 0 Å². The van der Waals surface area contributed by atoms with Crippen molar-refractivity contribution in [2.45, 2.75) is 43.7 Å². The second kappa shape index (κ2) is 14.5. The van der Waals surface area contributed by atoms with Crippen LogP contribution in [0, 0.1) is 0 Å². The number of nitrogens with one attached hydrogen (secondary N) is 1. The third kappa shape index (κ3) is 8.40. The van der Waals surface area contributed by atoms with Gasteiger partial charge >= 0.3 is 0 Å². The Kier molecular flexibility index (Phi) is 11.1. The van der Waals surface area contributed by atoms with Gasteiger partial charge in [-0.2, -0.15) is 0 Å². The van der Waals surface area contributed by atoms with Crippen LogP contribution in [0.15, 0.2) is 89.8 Å². The number of sulfonamides is 1. The highest BCUT2D eigenvalue weighted by molar-refractivity contribution is 7.89. The molecule has 0 saturated carbocycles. The summed E-state index contributed by atoms with van der Waals surface area (Å²) in [5, 5.41) is 2.88. The topological polar surface area (TPSA) is 96.0 Å². The zero-order valence-corrected chi connectivity index (χ0v) is 23.6. The van der Waals surface area contributed by atoms with Gasteiger partial charge in [0.2, 0.25) is 21.8 Å². The largest absolute Gasteiger partial charge is 0.497 e. The smallest absolute Gasteiger partial charge is 0.243 e. The van der Waals surface area contributed by atoms with Gasteiger partial charge in [-0.05, 0) is 48.7 Å². The fourth-order valence-corrected chi connectivity index (χ4v) is 5.53. The highest BCUT2D eigenvalue weighted by Crippen LogP contribution is 2.20. The molecule has 2 amide bonds. The van der Waals surface area contributed by atoms with E-state index in [0.717, 1.165) is 11.1 Å². The lowest BCUT2D eigenvalue weighted by Crippen LogP contribution is -2.50. The molecule has 208 valence electrons. The van der Waals surface area contributed by atoms with Crippen molar-refractivity contribution in [2.24, 2.45) is 0 Å². The van der Waals surface area contributed by atoms with Gasteiger partial charge in [-0.15, -0.1) is 0 Å². The highest BCUT2D eigenvalue weighted by Gasteiger charge is 2.30. The van der Waals surface area contributed by atoms with Gasteiger partial charge in [-0.3, -0.25) is 9.59 Å². The molecule has 0 fully saturated rings. The molecule has 0 aliphatic carbocycles. The van der Waals surface area contributed by atoms with Crippen LogP contribution >= 0.6 is 0 Å². The van der Waals surface area contributed by atoms with Crippen molar-refractivity contribution in [1.29, 1.82) is 0 Å². The van der Waals surface area contributed by atoms with Crippen LogP contribution < -0.4 is 10.1 Å². The van der Waals surface area contributed by atoms with Gasteiger partial charge in [-0.25, -0.2) is 12.7 Å². The van der Waals surface area contributed by atoms with E-state index in [-0.39, 0.29) is 36.2 Å². The van der Waals surface area contributed by atoms with Crippen molar-refractivity contribution in [3.63, 3.8) is 0 Å². The standard InChI is InChI=1S/C30H37N3O5S/c1-4-31-30(35)28(22-24-13-7-5-8-14-24)33(23-25-15-11-16-26(21-25)38-3)29(34)19-12-20-32(2)39(36,37)27-17-9-6-10-18-27/h5-11,13-18,21,28H,4,12,19-20,22-23H2,1-3H3,(H,31,35)/t28-/m1/s1. The summed E-state index contributed by atoms with van der Waals surface area (Å²) < 4.78 is 32.4. The van der Waals surface area contributed by atoms with E-state index in [9.17, 15) is 18.0 Å². The highest BCUT2D eigenvalue weighted by atomic mass is 32.2. The van der Waals surface area contributed by atoms with Gasteiger partial charge in [0.25, 0.3) is 0 Å². The number of hydrogen-bond donors (Lipinski definition) is 1. The molecule has 3 aromatic carbocycles. The minimum absolute atomic E-state index is 0.0866. The lowest BCUT2D eigenvalue weighted by atomic mass is 10.0. The summed E-state index contributed by atoms with van der Waals surface area (Å²) in [4.78, 5) is 28.8.